The van der Waals surface area contributed by atoms with Gasteiger partial charge in [0.1, 0.15) is 0 Å². The quantitative estimate of drug-likeness (QED) is 0.766. The lowest BCUT2D eigenvalue weighted by atomic mass is 9.92. The molecule has 2 rings (SSSR count). The summed E-state index contributed by atoms with van der Waals surface area (Å²) >= 11 is 1.85. The van der Waals surface area contributed by atoms with Gasteiger partial charge >= 0.3 is 0 Å². The number of hydrogen-bond donors (Lipinski definition) is 2. The molecule has 2 heterocycles. The number of aliphatic hydroxyl groups excluding tert-OH is 1. The summed E-state index contributed by atoms with van der Waals surface area (Å²) in [6, 6.07) is 7.11. The minimum absolute atomic E-state index is 0.269. The van der Waals surface area contributed by atoms with Crippen LogP contribution < -0.4 is 5.32 Å². The van der Waals surface area contributed by atoms with Gasteiger partial charge in [0, 0.05) is 50.3 Å². The second-order valence-corrected chi connectivity index (χ2v) is 7.17. The molecule has 0 aromatic carbocycles. The molecule has 0 bridgehead atoms. The molecular formula is C17H29N3OS. The van der Waals surface area contributed by atoms with Gasteiger partial charge in [-0.25, -0.2) is 0 Å². The number of likely N-dealkylation sites (tertiary alicyclic amines) is 1. The first-order chi connectivity index (χ1) is 10.7. The van der Waals surface area contributed by atoms with Crippen LogP contribution in [0.1, 0.15) is 25.5 Å². The number of aliphatic hydroxyl groups is 1. The first kappa shape index (κ1) is 17.7. The van der Waals surface area contributed by atoms with Gasteiger partial charge in [0.25, 0.3) is 0 Å². The van der Waals surface area contributed by atoms with E-state index in [0.29, 0.717) is 18.0 Å². The van der Waals surface area contributed by atoms with Gasteiger partial charge in [-0.15, -0.1) is 0 Å². The van der Waals surface area contributed by atoms with Gasteiger partial charge in [-0.05, 0) is 37.1 Å². The van der Waals surface area contributed by atoms with Crippen molar-refractivity contribution in [2.24, 2.45) is 5.92 Å². The molecular weight excluding hydrogens is 294 g/mol. The van der Waals surface area contributed by atoms with Crippen molar-refractivity contribution in [3.8, 4) is 0 Å². The summed E-state index contributed by atoms with van der Waals surface area (Å²) < 4.78 is 0. The molecule has 1 aromatic rings. The van der Waals surface area contributed by atoms with Gasteiger partial charge in [-0.3, -0.25) is 9.88 Å². The third-order valence-corrected chi connectivity index (χ3v) is 5.13. The lowest BCUT2D eigenvalue weighted by Crippen LogP contribution is -2.51. The lowest BCUT2D eigenvalue weighted by Gasteiger charge is -2.39. The molecule has 5 heteroatoms. The van der Waals surface area contributed by atoms with Crippen molar-refractivity contribution >= 4 is 11.8 Å². The smallest absolute Gasteiger partial charge is 0.0543 e. The normalized spacial score (nSPS) is 24.3. The van der Waals surface area contributed by atoms with Crippen LogP contribution in [0.5, 0.6) is 0 Å². The molecule has 0 aliphatic carbocycles. The highest BCUT2D eigenvalue weighted by molar-refractivity contribution is 7.98. The van der Waals surface area contributed by atoms with Crippen LogP contribution in [0, 0.1) is 5.92 Å². The van der Waals surface area contributed by atoms with Crippen molar-refractivity contribution in [1.29, 1.82) is 0 Å². The Morgan fingerprint density at radius 3 is 3.00 bits per heavy atom. The molecule has 0 amide bonds. The number of aromatic nitrogens is 1. The first-order valence-corrected chi connectivity index (χ1v) is 9.60. The van der Waals surface area contributed by atoms with Crippen molar-refractivity contribution in [3.05, 3.63) is 30.1 Å². The molecule has 3 unspecified atom stereocenters. The Morgan fingerprint density at radius 1 is 1.50 bits per heavy atom. The van der Waals surface area contributed by atoms with Crippen LogP contribution in [0.15, 0.2) is 24.4 Å². The van der Waals surface area contributed by atoms with Crippen molar-refractivity contribution in [1.82, 2.24) is 15.2 Å². The Labute approximate surface area is 138 Å². The molecule has 0 saturated carbocycles. The predicted molar refractivity (Wildman–Crippen MR) is 94.1 cm³/mol. The minimum Gasteiger partial charge on any atom is -0.396 e. The highest BCUT2D eigenvalue weighted by Gasteiger charge is 2.27. The molecule has 22 heavy (non-hydrogen) atoms. The van der Waals surface area contributed by atoms with Crippen LogP contribution >= 0.6 is 11.8 Å². The number of rotatable bonds is 8. The number of nitrogens with zero attached hydrogens (tertiary/aromatic N) is 2. The zero-order valence-corrected chi connectivity index (χ0v) is 14.6. The number of thioether (sulfide) groups is 1. The van der Waals surface area contributed by atoms with Gasteiger partial charge in [-0.1, -0.05) is 13.0 Å². The topological polar surface area (TPSA) is 48.4 Å². The Balaban J connectivity index is 1.81. The van der Waals surface area contributed by atoms with Crippen LogP contribution in [0.2, 0.25) is 0 Å². The molecule has 124 valence electrons. The number of pyridine rings is 1. The van der Waals surface area contributed by atoms with E-state index in [9.17, 15) is 5.11 Å². The largest absolute Gasteiger partial charge is 0.396 e. The summed E-state index contributed by atoms with van der Waals surface area (Å²) in [5, 5.41) is 13.0. The van der Waals surface area contributed by atoms with Gasteiger partial charge in [0.15, 0.2) is 0 Å². The Morgan fingerprint density at radius 2 is 2.36 bits per heavy atom. The molecule has 4 nitrogen and oxygen atoms in total. The van der Waals surface area contributed by atoms with Gasteiger partial charge in [-0.2, -0.15) is 11.8 Å². The number of piperidine rings is 1. The van der Waals surface area contributed by atoms with Crippen molar-refractivity contribution in [2.45, 2.75) is 38.4 Å². The van der Waals surface area contributed by atoms with Crippen molar-refractivity contribution in [3.63, 3.8) is 0 Å². The zero-order chi connectivity index (χ0) is 15.8. The van der Waals surface area contributed by atoms with Gasteiger partial charge in [0.2, 0.25) is 0 Å². The molecule has 3 atom stereocenters. The Bertz CT molecular complexity index is 412. The third kappa shape index (κ3) is 5.54. The summed E-state index contributed by atoms with van der Waals surface area (Å²) in [7, 11) is 0. The molecule has 1 saturated heterocycles. The highest BCUT2D eigenvalue weighted by atomic mass is 32.2. The van der Waals surface area contributed by atoms with Crippen LogP contribution in [0.25, 0.3) is 0 Å². The molecule has 1 aliphatic heterocycles. The summed E-state index contributed by atoms with van der Waals surface area (Å²) in [5.74, 6) is 1.70. The van der Waals surface area contributed by atoms with Crippen LogP contribution in [0.3, 0.4) is 0 Å². The van der Waals surface area contributed by atoms with E-state index in [2.05, 4.69) is 40.5 Å². The summed E-state index contributed by atoms with van der Waals surface area (Å²) in [6.45, 7) is 5.77. The summed E-state index contributed by atoms with van der Waals surface area (Å²) in [6.07, 6.45) is 6.02. The third-order valence-electron chi connectivity index (χ3n) is 4.40. The molecule has 1 aliphatic rings. The maximum Gasteiger partial charge on any atom is 0.0543 e. The monoisotopic (exact) mass is 323 g/mol. The Hall–Kier alpha value is -0.620. The average Bonchev–Trinajstić information content (AvgIpc) is 2.51. The SMILES string of the molecule is CSCC(CCO)NC1CCN(Cc2ccccn2)CC1C. The fourth-order valence-electron chi connectivity index (χ4n) is 3.22. The minimum atomic E-state index is 0.269. The highest BCUT2D eigenvalue weighted by Crippen LogP contribution is 2.19. The second-order valence-electron chi connectivity index (χ2n) is 6.26. The fraction of sp³-hybridized carbons (Fsp3) is 0.706. The fourth-order valence-corrected chi connectivity index (χ4v) is 3.88. The number of hydrogen-bond acceptors (Lipinski definition) is 5. The van der Waals surface area contributed by atoms with E-state index >= 15 is 0 Å². The molecule has 0 spiro atoms. The number of nitrogens with one attached hydrogen (secondary N) is 1. The molecule has 1 aromatic heterocycles. The van der Waals surface area contributed by atoms with Gasteiger partial charge < -0.3 is 10.4 Å². The van der Waals surface area contributed by atoms with Crippen LogP contribution in [-0.4, -0.2) is 58.8 Å². The van der Waals surface area contributed by atoms with E-state index in [1.165, 1.54) is 6.42 Å². The van der Waals surface area contributed by atoms with Crippen molar-refractivity contribution in [2.75, 3.05) is 31.7 Å². The maximum atomic E-state index is 9.20. The van der Waals surface area contributed by atoms with Crippen LogP contribution in [0.4, 0.5) is 0 Å². The van der Waals surface area contributed by atoms with E-state index in [4.69, 9.17) is 0 Å². The second kappa shape index (κ2) is 9.50. The van der Waals surface area contributed by atoms with Gasteiger partial charge in [0.05, 0.1) is 5.69 Å². The summed E-state index contributed by atoms with van der Waals surface area (Å²) in [4.78, 5) is 6.93. The molecule has 1 fully saturated rings. The Kier molecular flexibility index (Phi) is 7.66. The van der Waals surface area contributed by atoms with E-state index in [0.717, 1.165) is 37.5 Å². The van der Waals surface area contributed by atoms with Crippen LogP contribution in [-0.2, 0) is 6.54 Å². The molecule has 2 N–H and O–H groups in total. The van der Waals surface area contributed by atoms with Crippen molar-refractivity contribution < 1.29 is 5.11 Å². The molecule has 0 radical (unpaired) electrons. The van der Waals surface area contributed by atoms with E-state index in [1.54, 1.807) is 0 Å². The average molecular weight is 324 g/mol. The first-order valence-electron chi connectivity index (χ1n) is 8.21. The van der Waals surface area contributed by atoms with E-state index < -0.39 is 0 Å². The summed E-state index contributed by atoms with van der Waals surface area (Å²) in [5.41, 5.74) is 1.15. The standard InChI is InChI=1S/C17H29N3OS/c1-14-11-20(12-15-5-3-4-8-18-15)9-6-17(14)19-16(7-10-21)13-22-2/h3-5,8,14,16-17,19,21H,6-7,9-13H2,1-2H3. The van der Waals surface area contributed by atoms with E-state index in [-0.39, 0.29) is 6.61 Å². The zero-order valence-electron chi connectivity index (χ0n) is 13.7. The predicted octanol–water partition coefficient (Wildman–Crippen LogP) is 2.00. The maximum absolute atomic E-state index is 9.20. The van der Waals surface area contributed by atoms with E-state index in [1.807, 2.05) is 24.0 Å². The lowest BCUT2D eigenvalue weighted by molar-refractivity contribution is 0.131.